The number of halogens is 1. The van der Waals surface area contributed by atoms with Gasteiger partial charge in [0.25, 0.3) is 0 Å². The lowest BCUT2D eigenvalue weighted by Gasteiger charge is -2.10. The van der Waals surface area contributed by atoms with E-state index in [2.05, 4.69) is 26.6 Å². The first-order chi connectivity index (χ1) is 10.1. The van der Waals surface area contributed by atoms with Crippen LogP contribution in [0.15, 0.2) is 53.0 Å². The summed E-state index contributed by atoms with van der Waals surface area (Å²) in [6.45, 7) is 0. The Labute approximate surface area is 130 Å². The van der Waals surface area contributed by atoms with Gasteiger partial charge < -0.3 is 15.4 Å². The summed E-state index contributed by atoms with van der Waals surface area (Å²) in [6, 6.07) is 13.9. The average molecular weight is 349 g/mol. The van der Waals surface area contributed by atoms with E-state index in [1.165, 1.54) is 7.11 Å². The number of rotatable bonds is 3. The van der Waals surface area contributed by atoms with Crippen molar-refractivity contribution >= 4 is 39.1 Å². The molecule has 0 spiro atoms. The second-order valence-electron chi connectivity index (χ2n) is 4.09. The number of carbonyl (C=O) groups excluding carboxylic acids is 2. The molecule has 0 fully saturated rings. The lowest BCUT2D eigenvalue weighted by atomic mass is 10.3. The minimum atomic E-state index is -0.768. The molecule has 5 nitrogen and oxygen atoms in total. The van der Waals surface area contributed by atoms with Gasteiger partial charge in [-0.3, -0.25) is 9.59 Å². The van der Waals surface area contributed by atoms with Crippen molar-refractivity contribution in [3.63, 3.8) is 0 Å². The smallest absolute Gasteiger partial charge is 0.314 e. The van der Waals surface area contributed by atoms with Crippen LogP contribution in [0.5, 0.6) is 5.75 Å². The molecule has 0 saturated heterocycles. The molecule has 0 aromatic heterocycles. The van der Waals surface area contributed by atoms with Crippen LogP contribution >= 0.6 is 15.9 Å². The number of nitrogens with one attached hydrogen (secondary N) is 2. The summed E-state index contributed by atoms with van der Waals surface area (Å²) < 4.78 is 5.81. The fourth-order valence-corrected chi connectivity index (χ4v) is 2.05. The second-order valence-corrected chi connectivity index (χ2v) is 4.94. The summed E-state index contributed by atoms with van der Waals surface area (Å²) in [4.78, 5) is 23.8. The number of hydrogen-bond acceptors (Lipinski definition) is 3. The van der Waals surface area contributed by atoms with E-state index in [-0.39, 0.29) is 0 Å². The number of carbonyl (C=O) groups is 2. The molecule has 0 unspecified atom stereocenters. The van der Waals surface area contributed by atoms with Gasteiger partial charge in [-0.05, 0) is 40.2 Å². The molecule has 2 aromatic carbocycles. The molecule has 108 valence electrons. The lowest BCUT2D eigenvalue weighted by molar-refractivity contribution is -0.133. The largest absolute Gasteiger partial charge is 0.495 e. The zero-order valence-electron chi connectivity index (χ0n) is 11.2. The molecule has 0 aliphatic heterocycles. The van der Waals surface area contributed by atoms with Gasteiger partial charge in [0.2, 0.25) is 0 Å². The predicted molar refractivity (Wildman–Crippen MR) is 84.4 cm³/mol. The minimum Gasteiger partial charge on any atom is -0.495 e. The highest BCUT2D eigenvalue weighted by molar-refractivity contribution is 9.10. The standard InChI is InChI=1S/C15H13BrN2O3/c1-21-13-9-5-4-8-12(13)18-15(20)14(19)17-11-7-3-2-6-10(11)16/h2-9H,1H3,(H,17,19)(H,18,20). The highest BCUT2D eigenvalue weighted by Crippen LogP contribution is 2.23. The summed E-state index contributed by atoms with van der Waals surface area (Å²) in [5, 5.41) is 5.04. The summed E-state index contributed by atoms with van der Waals surface area (Å²) in [6.07, 6.45) is 0. The molecule has 0 bridgehead atoms. The normalized spacial score (nSPS) is 9.81. The van der Waals surface area contributed by atoms with Crippen LogP contribution in [0.1, 0.15) is 0 Å². The number of ether oxygens (including phenoxy) is 1. The zero-order valence-corrected chi connectivity index (χ0v) is 12.8. The Morgan fingerprint density at radius 3 is 2.05 bits per heavy atom. The summed E-state index contributed by atoms with van der Waals surface area (Å²) >= 11 is 3.30. The number of anilines is 2. The molecule has 6 heteroatoms. The van der Waals surface area contributed by atoms with Gasteiger partial charge in [0, 0.05) is 4.47 Å². The number of para-hydroxylation sites is 3. The molecule has 0 aliphatic rings. The quantitative estimate of drug-likeness (QED) is 0.837. The van der Waals surface area contributed by atoms with Crippen molar-refractivity contribution < 1.29 is 14.3 Å². The molecule has 0 atom stereocenters. The third-order valence-corrected chi connectivity index (χ3v) is 3.37. The Hall–Kier alpha value is -2.34. The molecule has 0 radical (unpaired) electrons. The van der Waals surface area contributed by atoms with E-state index in [9.17, 15) is 9.59 Å². The van der Waals surface area contributed by atoms with Crippen LogP contribution in [-0.2, 0) is 9.59 Å². The summed E-state index contributed by atoms with van der Waals surface area (Å²) in [5.41, 5.74) is 0.963. The van der Waals surface area contributed by atoms with Crippen molar-refractivity contribution in [2.24, 2.45) is 0 Å². The van der Waals surface area contributed by atoms with Gasteiger partial charge in [-0.25, -0.2) is 0 Å². The summed E-state index contributed by atoms with van der Waals surface area (Å²) in [7, 11) is 1.49. The molecule has 2 N–H and O–H groups in total. The first-order valence-corrected chi connectivity index (χ1v) is 6.91. The van der Waals surface area contributed by atoms with E-state index in [0.717, 1.165) is 0 Å². The molecule has 0 heterocycles. The van der Waals surface area contributed by atoms with Crippen LogP contribution in [0.2, 0.25) is 0 Å². The van der Waals surface area contributed by atoms with Crippen LogP contribution in [0.25, 0.3) is 0 Å². The molecular weight excluding hydrogens is 336 g/mol. The van der Waals surface area contributed by atoms with Crippen LogP contribution in [0.4, 0.5) is 11.4 Å². The van der Waals surface area contributed by atoms with E-state index in [1.807, 2.05) is 6.07 Å². The molecule has 2 rings (SSSR count). The maximum absolute atomic E-state index is 11.9. The van der Waals surface area contributed by atoms with Crippen molar-refractivity contribution in [3.05, 3.63) is 53.0 Å². The van der Waals surface area contributed by atoms with Crippen LogP contribution in [0, 0.1) is 0 Å². The Balaban J connectivity index is 2.07. The first-order valence-electron chi connectivity index (χ1n) is 6.11. The fraction of sp³-hybridized carbons (Fsp3) is 0.0667. The van der Waals surface area contributed by atoms with Crippen LogP contribution in [-0.4, -0.2) is 18.9 Å². The van der Waals surface area contributed by atoms with E-state index in [4.69, 9.17) is 4.74 Å². The molecule has 0 saturated carbocycles. The van der Waals surface area contributed by atoms with E-state index in [1.54, 1.807) is 42.5 Å². The van der Waals surface area contributed by atoms with Crippen LogP contribution < -0.4 is 15.4 Å². The highest BCUT2D eigenvalue weighted by Gasteiger charge is 2.16. The Bertz CT molecular complexity index is 673. The monoisotopic (exact) mass is 348 g/mol. The lowest BCUT2D eigenvalue weighted by Crippen LogP contribution is -2.29. The highest BCUT2D eigenvalue weighted by atomic mass is 79.9. The fourth-order valence-electron chi connectivity index (χ4n) is 1.67. The number of benzene rings is 2. The van der Waals surface area contributed by atoms with Gasteiger partial charge in [-0.2, -0.15) is 0 Å². The third kappa shape index (κ3) is 3.82. The SMILES string of the molecule is COc1ccccc1NC(=O)C(=O)Nc1ccccc1Br. The molecule has 2 aromatic rings. The van der Waals surface area contributed by atoms with Gasteiger partial charge in [0.1, 0.15) is 5.75 Å². The number of hydrogen-bond donors (Lipinski definition) is 2. The van der Waals surface area contributed by atoms with E-state index >= 15 is 0 Å². The Morgan fingerprint density at radius 2 is 1.43 bits per heavy atom. The van der Waals surface area contributed by atoms with Gasteiger partial charge in [-0.1, -0.05) is 24.3 Å². The predicted octanol–water partition coefficient (Wildman–Crippen LogP) is 3.03. The van der Waals surface area contributed by atoms with E-state index < -0.39 is 11.8 Å². The third-order valence-electron chi connectivity index (χ3n) is 2.68. The first kappa shape index (κ1) is 15.1. The number of methoxy groups -OCH3 is 1. The van der Waals surface area contributed by atoms with Gasteiger partial charge >= 0.3 is 11.8 Å². The Morgan fingerprint density at radius 1 is 0.905 bits per heavy atom. The topological polar surface area (TPSA) is 67.4 Å². The second kappa shape index (κ2) is 6.90. The van der Waals surface area contributed by atoms with Gasteiger partial charge in [-0.15, -0.1) is 0 Å². The maximum atomic E-state index is 11.9. The average Bonchev–Trinajstić information content (AvgIpc) is 2.50. The molecule has 21 heavy (non-hydrogen) atoms. The van der Waals surface area contributed by atoms with E-state index in [0.29, 0.717) is 21.6 Å². The van der Waals surface area contributed by atoms with Crippen molar-refractivity contribution in [1.82, 2.24) is 0 Å². The van der Waals surface area contributed by atoms with Crippen molar-refractivity contribution in [1.29, 1.82) is 0 Å². The molecule has 2 amide bonds. The van der Waals surface area contributed by atoms with Crippen molar-refractivity contribution in [3.8, 4) is 5.75 Å². The van der Waals surface area contributed by atoms with Crippen LogP contribution in [0.3, 0.4) is 0 Å². The van der Waals surface area contributed by atoms with Gasteiger partial charge in [0.05, 0.1) is 18.5 Å². The maximum Gasteiger partial charge on any atom is 0.314 e. The van der Waals surface area contributed by atoms with Crippen molar-refractivity contribution in [2.45, 2.75) is 0 Å². The molecule has 0 aliphatic carbocycles. The number of amides is 2. The van der Waals surface area contributed by atoms with Gasteiger partial charge in [0.15, 0.2) is 0 Å². The zero-order chi connectivity index (χ0) is 15.2. The van der Waals surface area contributed by atoms with Crippen molar-refractivity contribution in [2.75, 3.05) is 17.7 Å². The minimum absolute atomic E-state index is 0.437. The molecular formula is C15H13BrN2O3. The summed E-state index contributed by atoms with van der Waals surface area (Å²) in [5.74, 6) is -1.04. The Kier molecular flexibility index (Phi) is 4.94.